The molecule has 0 aromatic carbocycles. The molecule has 1 atom stereocenters. The first kappa shape index (κ1) is 10.5. The second kappa shape index (κ2) is 3.67. The molecule has 0 saturated carbocycles. The molecule has 0 amide bonds. The van der Waals surface area contributed by atoms with Crippen LogP contribution in [-0.4, -0.2) is 14.9 Å². The van der Waals surface area contributed by atoms with Crippen molar-refractivity contribution in [3.63, 3.8) is 0 Å². The molecule has 0 aliphatic rings. The van der Waals surface area contributed by atoms with Crippen molar-refractivity contribution in [2.75, 3.05) is 0 Å². The van der Waals surface area contributed by atoms with E-state index in [0.717, 1.165) is 0 Å². The van der Waals surface area contributed by atoms with Gasteiger partial charge in [-0.2, -0.15) is 8.78 Å². The van der Waals surface area contributed by atoms with Gasteiger partial charge in [-0.25, -0.2) is 0 Å². The van der Waals surface area contributed by atoms with Crippen molar-refractivity contribution in [2.45, 2.75) is 17.9 Å². The second-order valence-corrected chi connectivity index (χ2v) is 3.73. The van der Waals surface area contributed by atoms with Crippen molar-refractivity contribution in [1.29, 1.82) is 0 Å². The fraction of sp³-hybridized carbons (Fsp3) is 0.375. The van der Waals surface area contributed by atoms with Gasteiger partial charge >= 0.3 is 4.83 Å². The first-order valence-corrected chi connectivity index (χ1v) is 4.37. The van der Waals surface area contributed by atoms with Crippen LogP contribution in [0.3, 0.4) is 0 Å². The number of aliphatic hydroxyl groups is 1. The summed E-state index contributed by atoms with van der Waals surface area (Å²) in [6.07, 6.45) is 0.855. The molecule has 1 N–H and O–H groups in total. The molecule has 0 radical (unpaired) electrons. The van der Waals surface area contributed by atoms with Crippen molar-refractivity contribution in [1.82, 2.24) is 4.98 Å². The van der Waals surface area contributed by atoms with E-state index in [1.807, 2.05) is 0 Å². The van der Waals surface area contributed by atoms with Gasteiger partial charge in [0.2, 0.25) is 0 Å². The van der Waals surface area contributed by atoms with Crippen LogP contribution >= 0.6 is 15.9 Å². The first-order valence-electron chi connectivity index (χ1n) is 3.58. The zero-order chi connectivity index (χ0) is 10.1. The lowest BCUT2D eigenvalue weighted by Gasteiger charge is -2.17. The monoisotopic (exact) mass is 251 g/mol. The number of hydrogen-bond acceptors (Lipinski definition) is 2. The van der Waals surface area contributed by atoms with Crippen LogP contribution in [0.25, 0.3) is 0 Å². The van der Waals surface area contributed by atoms with Crippen molar-refractivity contribution in [2.24, 2.45) is 0 Å². The topological polar surface area (TPSA) is 33.1 Å². The average Bonchev–Trinajstić information content (AvgIpc) is 2.02. The van der Waals surface area contributed by atoms with Gasteiger partial charge in [-0.15, -0.1) is 0 Å². The summed E-state index contributed by atoms with van der Waals surface area (Å²) in [7, 11) is 0. The third kappa shape index (κ3) is 2.45. The third-order valence-corrected chi connectivity index (χ3v) is 2.12. The molecule has 1 rings (SSSR count). The average molecular weight is 252 g/mol. The Morgan fingerprint density at radius 1 is 1.62 bits per heavy atom. The standard InChI is InChI=1S/C8H8BrF2NO/c1-5-2-3-12-4-6(5)7(13)8(9,10)11/h2-4,7,13H,1H3. The van der Waals surface area contributed by atoms with E-state index in [4.69, 9.17) is 0 Å². The van der Waals surface area contributed by atoms with Crippen LogP contribution in [0.15, 0.2) is 18.5 Å². The molecule has 5 heteroatoms. The summed E-state index contributed by atoms with van der Waals surface area (Å²) < 4.78 is 25.2. The highest BCUT2D eigenvalue weighted by Crippen LogP contribution is 2.37. The second-order valence-electron chi connectivity index (χ2n) is 2.68. The molecule has 1 unspecified atom stereocenters. The molecule has 1 aromatic rings. The molecule has 72 valence electrons. The van der Waals surface area contributed by atoms with Gasteiger partial charge in [0.15, 0.2) is 6.10 Å². The molecule has 1 aromatic heterocycles. The number of nitrogens with zero attached hydrogens (tertiary/aromatic N) is 1. The summed E-state index contributed by atoms with van der Waals surface area (Å²) in [5, 5.41) is 9.20. The molecule has 0 spiro atoms. The van der Waals surface area contributed by atoms with E-state index < -0.39 is 10.9 Å². The molecule has 13 heavy (non-hydrogen) atoms. The lowest BCUT2D eigenvalue weighted by atomic mass is 10.1. The van der Waals surface area contributed by atoms with E-state index in [0.29, 0.717) is 5.56 Å². The Morgan fingerprint density at radius 3 is 2.69 bits per heavy atom. The van der Waals surface area contributed by atoms with Gasteiger partial charge in [0.05, 0.1) is 0 Å². The molecular formula is C8H8BrF2NO. The highest BCUT2D eigenvalue weighted by Gasteiger charge is 2.36. The van der Waals surface area contributed by atoms with Gasteiger partial charge in [-0.3, -0.25) is 4.98 Å². The van der Waals surface area contributed by atoms with Gasteiger partial charge in [0.1, 0.15) is 0 Å². The normalized spacial score (nSPS) is 14.2. The molecule has 0 saturated heterocycles. The maximum absolute atomic E-state index is 12.6. The van der Waals surface area contributed by atoms with E-state index in [1.165, 1.54) is 12.4 Å². The molecule has 0 fully saturated rings. The van der Waals surface area contributed by atoms with Crippen molar-refractivity contribution < 1.29 is 13.9 Å². The van der Waals surface area contributed by atoms with Gasteiger partial charge in [-0.1, -0.05) is 0 Å². The maximum atomic E-state index is 12.6. The van der Waals surface area contributed by atoms with E-state index in [2.05, 4.69) is 20.9 Å². The minimum absolute atomic E-state index is 0.129. The van der Waals surface area contributed by atoms with Gasteiger partial charge in [-0.05, 0) is 34.5 Å². The summed E-state index contributed by atoms with van der Waals surface area (Å²) in [6.45, 7) is 1.64. The maximum Gasteiger partial charge on any atom is 0.330 e. The zero-order valence-electron chi connectivity index (χ0n) is 6.84. The molecule has 0 aliphatic heterocycles. The summed E-state index contributed by atoms with van der Waals surface area (Å²) in [5.41, 5.74) is 0.714. The number of hydrogen-bond donors (Lipinski definition) is 1. The van der Waals surface area contributed by atoms with Crippen molar-refractivity contribution >= 4 is 15.9 Å². The van der Waals surface area contributed by atoms with E-state index in [-0.39, 0.29) is 5.56 Å². The Balaban J connectivity index is 3.02. The fourth-order valence-corrected chi connectivity index (χ4v) is 1.19. The number of halogens is 3. The minimum atomic E-state index is -3.32. The van der Waals surface area contributed by atoms with E-state index >= 15 is 0 Å². The molecule has 0 bridgehead atoms. The van der Waals surface area contributed by atoms with Gasteiger partial charge in [0, 0.05) is 18.0 Å². The minimum Gasteiger partial charge on any atom is -0.381 e. The summed E-state index contributed by atoms with van der Waals surface area (Å²) >= 11 is 2.10. The highest BCUT2D eigenvalue weighted by atomic mass is 79.9. The largest absolute Gasteiger partial charge is 0.381 e. The van der Waals surface area contributed by atoms with Crippen molar-refractivity contribution in [3.05, 3.63) is 29.6 Å². The predicted molar refractivity (Wildman–Crippen MR) is 47.8 cm³/mol. The van der Waals surface area contributed by atoms with Crippen LogP contribution in [0.2, 0.25) is 0 Å². The lowest BCUT2D eigenvalue weighted by molar-refractivity contribution is -0.0299. The number of aromatic nitrogens is 1. The third-order valence-electron chi connectivity index (χ3n) is 1.68. The summed E-state index contributed by atoms with van der Waals surface area (Å²) in [5.74, 6) is 0. The molecule has 0 aliphatic carbocycles. The number of aryl methyl sites for hydroxylation is 1. The first-order chi connectivity index (χ1) is 5.93. The van der Waals surface area contributed by atoms with Crippen LogP contribution in [-0.2, 0) is 0 Å². The Bertz CT molecular complexity index is 300. The molecular weight excluding hydrogens is 244 g/mol. The van der Waals surface area contributed by atoms with Crippen LogP contribution in [0.5, 0.6) is 0 Å². The van der Waals surface area contributed by atoms with Gasteiger partial charge in [0.25, 0.3) is 0 Å². The number of aliphatic hydroxyl groups excluding tert-OH is 1. The fourth-order valence-electron chi connectivity index (χ4n) is 0.939. The lowest BCUT2D eigenvalue weighted by Crippen LogP contribution is -2.19. The number of pyridine rings is 1. The van der Waals surface area contributed by atoms with Gasteiger partial charge < -0.3 is 5.11 Å². The highest BCUT2D eigenvalue weighted by molar-refractivity contribution is 9.10. The molecule has 1 heterocycles. The van der Waals surface area contributed by atoms with E-state index in [1.54, 1.807) is 13.0 Å². The van der Waals surface area contributed by atoms with Crippen molar-refractivity contribution in [3.8, 4) is 0 Å². The Labute approximate surface area is 82.7 Å². The zero-order valence-corrected chi connectivity index (χ0v) is 8.42. The number of alkyl halides is 3. The number of rotatable bonds is 2. The predicted octanol–water partition coefficient (Wildman–Crippen LogP) is 2.41. The van der Waals surface area contributed by atoms with Crippen LogP contribution < -0.4 is 0 Å². The Kier molecular flexibility index (Phi) is 2.98. The van der Waals surface area contributed by atoms with Crippen LogP contribution in [0.1, 0.15) is 17.2 Å². The summed E-state index contributed by atoms with van der Waals surface area (Å²) in [6, 6.07) is 1.57. The Hall–Kier alpha value is -0.550. The summed E-state index contributed by atoms with van der Waals surface area (Å²) in [4.78, 5) is 0.347. The van der Waals surface area contributed by atoms with Crippen LogP contribution in [0, 0.1) is 6.92 Å². The Morgan fingerprint density at radius 2 is 2.23 bits per heavy atom. The SMILES string of the molecule is Cc1ccncc1C(O)C(F)(F)Br. The quantitative estimate of drug-likeness (QED) is 0.820. The smallest absolute Gasteiger partial charge is 0.330 e. The van der Waals surface area contributed by atoms with E-state index in [9.17, 15) is 13.9 Å². The molecule has 2 nitrogen and oxygen atoms in total. The van der Waals surface area contributed by atoms with Crippen LogP contribution in [0.4, 0.5) is 8.78 Å².